The molecule has 0 radical (unpaired) electrons. The minimum absolute atomic E-state index is 0.0733. The van der Waals surface area contributed by atoms with Crippen molar-refractivity contribution in [3.8, 4) is 0 Å². The molecule has 5 nitrogen and oxygen atoms in total. The fourth-order valence-electron chi connectivity index (χ4n) is 3.17. The number of carbonyl (C=O) groups is 2. The number of amides is 1. The maximum atomic E-state index is 15.3. The van der Waals surface area contributed by atoms with E-state index >= 15 is 4.39 Å². The monoisotopic (exact) mass is 419 g/mol. The van der Waals surface area contributed by atoms with Gasteiger partial charge >= 0.3 is 0 Å². The quantitative estimate of drug-likeness (QED) is 0.514. The van der Waals surface area contributed by atoms with Crippen molar-refractivity contribution in [2.75, 3.05) is 13.1 Å². The Labute approximate surface area is 175 Å². The van der Waals surface area contributed by atoms with E-state index in [1.54, 1.807) is 42.5 Å². The third-order valence-electron chi connectivity index (χ3n) is 4.61. The first kappa shape index (κ1) is 23.0. The zero-order valence-corrected chi connectivity index (χ0v) is 17.4. The van der Waals surface area contributed by atoms with Gasteiger partial charge in [0.2, 0.25) is 5.91 Å². The first-order valence-electron chi connectivity index (χ1n) is 9.69. The molecule has 0 spiro atoms. The lowest BCUT2D eigenvalue weighted by Gasteiger charge is -2.24. The molecule has 0 fully saturated rings. The third-order valence-corrected chi connectivity index (χ3v) is 4.93. The Kier molecular flexibility index (Phi) is 8.76. The van der Waals surface area contributed by atoms with E-state index in [9.17, 15) is 9.59 Å². The van der Waals surface area contributed by atoms with Crippen LogP contribution in [0.3, 0.4) is 0 Å². The van der Waals surface area contributed by atoms with Crippen LogP contribution in [0.2, 0.25) is 5.02 Å². The minimum Gasteiger partial charge on any atom is -0.355 e. The van der Waals surface area contributed by atoms with Crippen molar-refractivity contribution in [3.05, 3.63) is 70.0 Å². The van der Waals surface area contributed by atoms with Crippen molar-refractivity contribution in [2.45, 2.75) is 38.8 Å². The second-order valence-corrected chi connectivity index (χ2v) is 7.30. The fraction of sp³-hybridized carbons (Fsp3) is 0.364. The van der Waals surface area contributed by atoms with Crippen molar-refractivity contribution in [1.82, 2.24) is 10.6 Å². The number of halogens is 2. The van der Waals surface area contributed by atoms with Crippen molar-refractivity contribution < 1.29 is 14.0 Å². The summed E-state index contributed by atoms with van der Waals surface area (Å²) in [4.78, 5) is 24.7. The van der Waals surface area contributed by atoms with Crippen molar-refractivity contribution in [1.29, 1.82) is 0 Å². The van der Waals surface area contributed by atoms with Gasteiger partial charge in [0.15, 0.2) is 5.78 Å². The van der Waals surface area contributed by atoms with Gasteiger partial charge < -0.3 is 16.4 Å². The molecule has 7 heteroatoms. The minimum atomic E-state index is -0.634. The van der Waals surface area contributed by atoms with Gasteiger partial charge in [0.05, 0.1) is 10.6 Å². The van der Waals surface area contributed by atoms with Crippen LogP contribution in [0.15, 0.2) is 42.5 Å². The number of hydrogen-bond acceptors (Lipinski definition) is 4. The van der Waals surface area contributed by atoms with E-state index in [0.29, 0.717) is 30.6 Å². The van der Waals surface area contributed by atoms with Crippen LogP contribution in [0.1, 0.15) is 54.2 Å². The highest BCUT2D eigenvalue weighted by Gasteiger charge is 2.25. The van der Waals surface area contributed by atoms with Crippen LogP contribution in [-0.2, 0) is 4.79 Å². The molecule has 2 aromatic rings. The molecule has 29 heavy (non-hydrogen) atoms. The van der Waals surface area contributed by atoms with E-state index in [0.717, 1.165) is 0 Å². The molecule has 0 unspecified atom stereocenters. The van der Waals surface area contributed by atoms with Crippen LogP contribution in [0.5, 0.6) is 0 Å². The van der Waals surface area contributed by atoms with Crippen LogP contribution in [0.25, 0.3) is 0 Å². The topological polar surface area (TPSA) is 84.2 Å². The summed E-state index contributed by atoms with van der Waals surface area (Å²) < 4.78 is 15.3. The summed E-state index contributed by atoms with van der Waals surface area (Å²) >= 11 is 6.17. The van der Waals surface area contributed by atoms with Crippen molar-refractivity contribution in [2.24, 2.45) is 5.73 Å². The second-order valence-electron chi connectivity index (χ2n) is 6.89. The van der Waals surface area contributed by atoms with E-state index in [2.05, 4.69) is 10.6 Å². The summed E-state index contributed by atoms with van der Waals surface area (Å²) in [5.41, 5.74) is 5.97. The van der Waals surface area contributed by atoms with E-state index in [-0.39, 0.29) is 35.0 Å². The van der Waals surface area contributed by atoms with Crippen LogP contribution in [0, 0.1) is 5.82 Å². The Morgan fingerprint density at radius 2 is 1.86 bits per heavy atom. The zero-order valence-electron chi connectivity index (χ0n) is 16.7. The predicted octanol–water partition coefficient (Wildman–Crippen LogP) is 3.60. The van der Waals surface area contributed by atoms with E-state index in [1.165, 1.54) is 0 Å². The summed E-state index contributed by atoms with van der Waals surface area (Å²) in [5, 5.41) is 6.06. The van der Waals surface area contributed by atoms with Gasteiger partial charge in [0.25, 0.3) is 0 Å². The highest BCUT2D eigenvalue weighted by atomic mass is 35.5. The molecule has 1 amide bonds. The highest BCUT2D eigenvalue weighted by molar-refractivity contribution is 6.35. The molecule has 0 aliphatic heterocycles. The predicted molar refractivity (Wildman–Crippen MR) is 114 cm³/mol. The molecular weight excluding hydrogens is 393 g/mol. The van der Waals surface area contributed by atoms with Gasteiger partial charge in [-0.1, -0.05) is 54.9 Å². The van der Waals surface area contributed by atoms with Crippen LogP contribution >= 0.6 is 11.6 Å². The van der Waals surface area contributed by atoms with E-state index in [1.807, 2.05) is 13.8 Å². The number of ketones is 1. The Bertz CT molecular complexity index is 845. The van der Waals surface area contributed by atoms with Gasteiger partial charge in [-0.05, 0) is 19.4 Å². The number of benzene rings is 2. The highest BCUT2D eigenvalue weighted by Crippen LogP contribution is 2.30. The van der Waals surface area contributed by atoms with E-state index in [4.69, 9.17) is 17.3 Å². The smallest absolute Gasteiger partial charge is 0.221 e. The molecule has 2 rings (SSSR count). The molecule has 0 aliphatic rings. The second kappa shape index (κ2) is 11.0. The maximum absolute atomic E-state index is 15.3. The Balaban J connectivity index is 2.24. The largest absolute Gasteiger partial charge is 0.355 e. The number of carbonyl (C=O) groups excluding carboxylic acids is 2. The lowest BCUT2D eigenvalue weighted by molar-refractivity contribution is -0.121. The van der Waals surface area contributed by atoms with Gasteiger partial charge in [0, 0.05) is 42.7 Å². The van der Waals surface area contributed by atoms with Crippen molar-refractivity contribution >= 4 is 23.3 Å². The third kappa shape index (κ3) is 6.10. The Hall–Kier alpha value is -2.28. The molecule has 0 bridgehead atoms. The normalized spacial score (nSPS) is 13.0. The zero-order chi connectivity index (χ0) is 21.4. The molecule has 0 saturated heterocycles. The molecule has 2 aromatic carbocycles. The summed E-state index contributed by atoms with van der Waals surface area (Å²) in [7, 11) is 0. The van der Waals surface area contributed by atoms with E-state index < -0.39 is 11.6 Å². The lowest BCUT2D eigenvalue weighted by Crippen LogP contribution is -2.37. The Morgan fingerprint density at radius 3 is 2.48 bits per heavy atom. The van der Waals surface area contributed by atoms with Gasteiger partial charge in [-0.2, -0.15) is 0 Å². The number of nitrogens with one attached hydrogen (secondary N) is 2. The average Bonchev–Trinajstić information content (AvgIpc) is 2.71. The average molecular weight is 420 g/mol. The van der Waals surface area contributed by atoms with Crippen LogP contribution in [-0.4, -0.2) is 30.8 Å². The number of hydrogen-bond donors (Lipinski definition) is 3. The van der Waals surface area contributed by atoms with Gasteiger partial charge in [-0.15, -0.1) is 0 Å². The molecular formula is C22H27ClFN3O2. The molecule has 4 N–H and O–H groups in total. The molecule has 0 heterocycles. The number of nitrogens with two attached hydrogens (primary N) is 1. The standard InChI is InChI=1S/C22H27ClFN3O2/c1-3-18(27-14(2)13-19(28)26-12-11-25)16-9-10-17(23)20(21(16)24)22(29)15-7-5-4-6-8-15/h4-10,14,18,27H,3,11-13,25H2,1-2H3,(H,26,28)/t14-,18-/m1/s1. The maximum Gasteiger partial charge on any atom is 0.221 e. The first-order chi connectivity index (χ1) is 13.9. The van der Waals surface area contributed by atoms with Gasteiger partial charge in [-0.3, -0.25) is 9.59 Å². The Morgan fingerprint density at radius 1 is 1.17 bits per heavy atom. The summed E-state index contributed by atoms with van der Waals surface area (Å²) in [5.74, 6) is -1.22. The molecule has 0 aliphatic carbocycles. The fourth-order valence-corrected chi connectivity index (χ4v) is 3.40. The van der Waals surface area contributed by atoms with Crippen LogP contribution < -0.4 is 16.4 Å². The molecule has 2 atom stereocenters. The molecule has 0 aromatic heterocycles. The van der Waals surface area contributed by atoms with Gasteiger partial charge in [0.1, 0.15) is 5.82 Å². The van der Waals surface area contributed by atoms with Crippen LogP contribution in [0.4, 0.5) is 4.39 Å². The summed E-state index contributed by atoms with van der Waals surface area (Å²) in [6.45, 7) is 4.55. The first-order valence-corrected chi connectivity index (χ1v) is 10.1. The summed E-state index contributed by atoms with van der Waals surface area (Å²) in [6.07, 6.45) is 0.813. The summed E-state index contributed by atoms with van der Waals surface area (Å²) in [6, 6.07) is 11.0. The molecule has 0 saturated carbocycles. The number of rotatable bonds is 10. The van der Waals surface area contributed by atoms with Gasteiger partial charge in [-0.25, -0.2) is 4.39 Å². The van der Waals surface area contributed by atoms with Crippen molar-refractivity contribution in [3.63, 3.8) is 0 Å². The molecule has 156 valence electrons. The SMILES string of the molecule is CC[C@@H](N[C@H](C)CC(=O)NCCN)c1ccc(Cl)c(C(=O)c2ccccc2)c1F. The lowest BCUT2D eigenvalue weighted by atomic mass is 9.95.